The van der Waals surface area contributed by atoms with Crippen molar-refractivity contribution in [2.24, 2.45) is 0 Å². The zero-order chi connectivity index (χ0) is 38.8. The molecule has 0 N–H and O–H groups in total. The van der Waals surface area contributed by atoms with Gasteiger partial charge in [0.05, 0.1) is 0 Å². The molecular weight excluding hydrogens is 639 g/mol. The van der Waals surface area contributed by atoms with Crippen LogP contribution in [0.5, 0.6) is 0 Å². The number of hydrogen-bond donors (Lipinski definition) is 0. The van der Waals surface area contributed by atoms with Crippen molar-refractivity contribution in [3.8, 4) is 0 Å². The van der Waals surface area contributed by atoms with Crippen LogP contribution in [0.3, 0.4) is 0 Å². The van der Waals surface area contributed by atoms with Crippen molar-refractivity contribution in [3.63, 3.8) is 0 Å². The highest BCUT2D eigenvalue weighted by atomic mass is 15.2. The van der Waals surface area contributed by atoms with Gasteiger partial charge in [0.1, 0.15) is 0 Å². The van der Waals surface area contributed by atoms with Gasteiger partial charge in [0, 0.05) is 29.1 Å². The summed E-state index contributed by atoms with van der Waals surface area (Å²) in [7, 11) is 0. The van der Waals surface area contributed by atoms with Crippen LogP contribution in [-0.4, -0.2) is 6.54 Å². The van der Waals surface area contributed by atoms with Crippen LogP contribution in [0.25, 0.3) is 5.57 Å². The van der Waals surface area contributed by atoms with Crippen molar-refractivity contribution in [1.82, 2.24) is 0 Å². The van der Waals surface area contributed by atoms with Crippen LogP contribution in [0.15, 0.2) is 145 Å². The number of nitrogens with zero attached hydrogens (tertiary/aromatic N) is 1. The molecule has 0 unspecified atom stereocenters. The minimum atomic E-state index is 1.10. The van der Waals surface area contributed by atoms with E-state index < -0.39 is 0 Å². The van der Waals surface area contributed by atoms with Crippen LogP contribution < -0.4 is 4.90 Å². The van der Waals surface area contributed by atoms with E-state index in [1.807, 2.05) is 0 Å². The number of hydrogen-bond acceptors (Lipinski definition) is 1. The Bertz CT molecular complexity index is 1720. The van der Waals surface area contributed by atoms with Gasteiger partial charge >= 0.3 is 0 Å². The lowest BCUT2D eigenvalue weighted by Gasteiger charge is -2.38. The number of unbranched alkanes of at least 4 members (excludes halogenated alkanes) is 1. The lowest BCUT2D eigenvalue weighted by atomic mass is 9.85. The first-order chi connectivity index (χ1) is 25.4. The quantitative estimate of drug-likeness (QED) is 0.180. The summed E-state index contributed by atoms with van der Waals surface area (Å²) in [6.07, 6.45) is 10.6. The summed E-state index contributed by atoms with van der Waals surface area (Å²) in [5, 5.41) is 0. The van der Waals surface area contributed by atoms with Crippen LogP contribution in [-0.2, 0) is 6.42 Å². The largest absolute Gasteiger partial charge is 0.341 e. The van der Waals surface area contributed by atoms with Gasteiger partial charge in [-0.2, -0.15) is 0 Å². The van der Waals surface area contributed by atoms with E-state index in [1.54, 1.807) is 0 Å². The van der Waals surface area contributed by atoms with Crippen molar-refractivity contribution >= 4 is 11.3 Å². The molecule has 1 heteroatoms. The Hall–Kier alpha value is -4.88. The highest BCUT2D eigenvalue weighted by molar-refractivity contribution is 5.94. The summed E-state index contributed by atoms with van der Waals surface area (Å²) in [5.74, 6) is 0. The van der Waals surface area contributed by atoms with Crippen LogP contribution >= 0.6 is 0 Å². The maximum Gasteiger partial charge on any atom is 0.0490 e. The molecule has 1 aliphatic heterocycles. The maximum atomic E-state index is 4.36. The van der Waals surface area contributed by atoms with Gasteiger partial charge in [-0.1, -0.05) is 187 Å². The molecule has 0 atom stereocenters. The van der Waals surface area contributed by atoms with Gasteiger partial charge in [0.25, 0.3) is 0 Å². The molecule has 1 nitrogen and oxygen atoms in total. The molecule has 5 aromatic rings. The molecule has 0 saturated heterocycles. The van der Waals surface area contributed by atoms with Gasteiger partial charge in [-0.05, 0) is 104 Å². The summed E-state index contributed by atoms with van der Waals surface area (Å²) >= 11 is 0. The molecule has 2 aliphatic rings. The molecule has 7 rings (SSSR count). The summed E-state index contributed by atoms with van der Waals surface area (Å²) in [4.78, 5) is 2.50. The number of anilines is 1. The fourth-order valence-corrected chi connectivity index (χ4v) is 5.89. The molecule has 1 heterocycles. The number of rotatable bonds is 4. The van der Waals surface area contributed by atoms with Crippen molar-refractivity contribution in [3.05, 3.63) is 201 Å². The monoisotopic (exact) mass is 704 g/mol. The summed E-state index contributed by atoms with van der Waals surface area (Å²) in [5.41, 5.74) is 18.6. The van der Waals surface area contributed by atoms with E-state index in [2.05, 4.69) is 208 Å². The first-order valence-corrected chi connectivity index (χ1v) is 19.6. The zero-order valence-corrected chi connectivity index (χ0v) is 34.5. The predicted octanol–water partition coefficient (Wildman–Crippen LogP) is 14.7. The first kappa shape index (κ1) is 42.5. The topological polar surface area (TPSA) is 3.24 Å². The number of allylic oxidation sites excluding steroid dienone is 3. The van der Waals surface area contributed by atoms with E-state index in [1.165, 1.54) is 91.0 Å². The molecule has 1 aliphatic carbocycles. The first-order valence-electron chi connectivity index (χ1n) is 19.6. The van der Waals surface area contributed by atoms with E-state index in [4.69, 9.17) is 0 Å². The minimum Gasteiger partial charge on any atom is -0.341 e. The fraction of sp³-hybridized carbons (Fsp3) is 0.308. The number of fused-ring (bicyclic) bond motifs is 2. The minimum absolute atomic E-state index is 1.10. The third kappa shape index (κ3) is 14.6. The number of benzene rings is 5. The van der Waals surface area contributed by atoms with Gasteiger partial charge in [-0.25, -0.2) is 0 Å². The Morgan fingerprint density at radius 3 is 1.26 bits per heavy atom. The van der Waals surface area contributed by atoms with Crippen molar-refractivity contribution in [2.45, 2.75) is 101 Å². The average Bonchev–Trinajstić information content (AvgIpc) is 3.17. The van der Waals surface area contributed by atoms with E-state index in [-0.39, 0.29) is 0 Å². The smallest absolute Gasteiger partial charge is 0.0490 e. The molecule has 0 radical (unpaired) electrons. The molecule has 0 spiro atoms. The fourth-order valence-electron chi connectivity index (χ4n) is 5.89. The van der Waals surface area contributed by atoms with Crippen molar-refractivity contribution < 1.29 is 0 Å². The molecule has 53 heavy (non-hydrogen) atoms. The second-order valence-corrected chi connectivity index (χ2v) is 14.6. The maximum absolute atomic E-state index is 4.36. The normalized spacial score (nSPS) is 12.3. The van der Waals surface area contributed by atoms with Crippen LogP contribution in [0.2, 0.25) is 0 Å². The predicted molar refractivity (Wildman–Crippen MR) is 236 cm³/mol. The van der Waals surface area contributed by atoms with Crippen LogP contribution in [0, 0.1) is 55.4 Å². The Labute approximate surface area is 323 Å². The van der Waals surface area contributed by atoms with Crippen molar-refractivity contribution in [2.75, 3.05) is 11.4 Å². The van der Waals surface area contributed by atoms with Gasteiger partial charge in [-0.3, -0.25) is 0 Å². The molecule has 0 fully saturated rings. The summed E-state index contributed by atoms with van der Waals surface area (Å²) < 4.78 is 0. The Morgan fingerprint density at radius 1 is 0.491 bits per heavy atom. The molecule has 0 bridgehead atoms. The molecule has 5 aromatic carbocycles. The van der Waals surface area contributed by atoms with Crippen molar-refractivity contribution in [1.29, 1.82) is 0 Å². The lowest BCUT2D eigenvalue weighted by molar-refractivity contribution is 0.760. The molecule has 278 valence electrons. The standard InChI is InChI=1S/C19H23N.C9H12.3C8H10/c1-4-5-12-20-18-9-7-6-8-16(18)15(3)17-13-14(2)10-11-19(17)20;1-3-9-6-4-8(2)5-7-9;3*1-7-3-5-8(2)6-4-7/h8-11,13H,3-7,12H2,1-2H3;4-7H,3H2,1-2H3;3*3-6H,1-2H3. The average molecular weight is 704 g/mol. The third-order valence-electron chi connectivity index (χ3n) is 9.43. The highest BCUT2D eigenvalue weighted by Gasteiger charge is 2.28. The Balaban J connectivity index is 0.000000193. The second-order valence-electron chi connectivity index (χ2n) is 14.6. The molecule has 0 saturated carbocycles. The summed E-state index contributed by atoms with van der Waals surface area (Å²) in [6, 6.07) is 40.9. The second kappa shape index (κ2) is 22.2. The van der Waals surface area contributed by atoms with E-state index in [9.17, 15) is 0 Å². The third-order valence-corrected chi connectivity index (χ3v) is 9.43. The molecular formula is C52H65N. The zero-order valence-electron chi connectivity index (χ0n) is 34.5. The van der Waals surface area contributed by atoms with E-state index >= 15 is 0 Å². The Kier molecular flexibility index (Phi) is 17.9. The van der Waals surface area contributed by atoms with Crippen LogP contribution in [0.4, 0.5) is 5.69 Å². The number of aryl methyl sites for hydroxylation is 9. The molecule has 0 aromatic heterocycles. The van der Waals surface area contributed by atoms with Gasteiger partial charge in [-0.15, -0.1) is 0 Å². The van der Waals surface area contributed by atoms with Gasteiger partial charge in [0.15, 0.2) is 0 Å². The Morgan fingerprint density at radius 2 is 0.868 bits per heavy atom. The van der Waals surface area contributed by atoms with Gasteiger partial charge in [0.2, 0.25) is 0 Å². The van der Waals surface area contributed by atoms with E-state index in [0.29, 0.717) is 0 Å². The highest BCUT2D eigenvalue weighted by Crippen LogP contribution is 2.44. The van der Waals surface area contributed by atoms with Crippen LogP contribution in [0.1, 0.15) is 95.2 Å². The van der Waals surface area contributed by atoms with Gasteiger partial charge < -0.3 is 4.90 Å². The molecule has 0 amide bonds. The van der Waals surface area contributed by atoms with E-state index in [0.717, 1.165) is 25.8 Å². The lowest BCUT2D eigenvalue weighted by Crippen LogP contribution is -2.30. The SMILES string of the molecule is C=C1C2=CCCC=C2N(CCCC)c2ccc(C)cc21.CCc1ccc(C)cc1.Cc1ccc(C)cc1.Cc1ccc(C)cc1.Cc1ccc(C)cc1. The summed E-state index contributed by atoms with van der Waals surface area (Å²) in [6.45, 7) is 26.7.